The van der Waals surface area contributed by atoms with Gasteiger partial charge in [-0.2, -0.15) is 5.26 Å². The third-order valence-corrected chi connectivity index (χ3v) is 4.16. The second-order valence-corrected chi connectivity index (χ2v) is 5.91. The number of amides is 1. The van der Waals surface area contributed by atoms with E-state index in [0.29, 0.717) is 19.0 Å². The molecule has 0 aromatic carbocycles. The maximum Gasteiger partial charge on any atom is 0.303 e. The Kier molecular flexibility index (Phi) is 8.81. The summed E-state index contributed by atoms with van der Waals surface area (Å²) in [5, 5.41) is 20.5. The third-order valence-electron chi connectivity index (χ3n) is 4.16. The normalized spacial score (nSPS) is 18.3. The molecular weight excluding hydrogens is 294 g/mol. The summed E-state index contributed by atoms with van der Waals surface area (Å²) in [6.45, 7) is 3.49. The van der Waals surface area contributed by atoms with E-state index in [1.54, 1.807) is 6.20 Å². The number of nitriles is 1. The lowest BCUT2D eigenvalue weighted by atomic mass is 10.0. The summed E-state index contributed by atoms with van der Waals surface area (Å²) < 4.78 is 0. The van der Waals surface area contributed by atoms with Gasteiger partial charge in [-0.25, -0.2) is 0 Å². The molecule has 0 bridgehead atoms. The van der Waals surface area contributed by atoms with Crippen LogP contribution in [0, 0.1) is 11.3 Å². The van der Waals surface area contributed by atoms with Gasteiger partial charge >= 0.3 is 5.97 Å². The van der Waals surface area contributed by atoms with Gasteiger partial charge in [0.25, 0.3) is 5.91 Å². The highest BCUT2D eigenvalue weighted by Gasteiger charge is 2.20. The van der Waals surface area contributed by atoms with Gasteiger partial charge in [-0.1, -0.05) is 13.3 Å². The number of nitrogens with zero attached hydrogens (tertiary/aromatic N) is 2. The number of nitrogens with one attached hydrogen (secondary N) is 1. The molecule has 23 heavy (non-hydrogen) atoms. The zero-order valence-electron chi connectivity index (χ0n) is 13.9. The summed E-state index contributed by atoms with van der Waals surface area (Å²) in [6, 6.07) is 2.40. The lowest BCUT2D eigenvalue weighted by Gasteiger charge is -2.34. The molecule has 1 rings (SSSR count). The smallest absolute Gasteiger partial charge is 0.303 e. The molecule has 1 aliphatic heterocycles. The highest BCUT2D eigenvalue weighted by Crippen LogP contribution is 2.20. The molecule has 1 aliphatic rings. The van der Waals surface area contributed by atoms with Gasteiger partial charge in [0, 0.05) is 31.8 Å². The maximum atomic E-state index is 12.1. The molecule has 0 aromatic rings. The number of carbonyl (C=O) groups is 2. The Bertz CT molecular complexity index is 468. The van der Waals surface area contributed by atoms with Crippen LogP contribution in [-0.2, 0) is 9.59 Å². The molecule has 1 amide bonds. The van der Waals surface area contributed by atoms with E-state index in [9.17, 15) is 14.9 Å². The summed E-state index contributed by atoms with van der Waals surface area (Å²) in [6.07, 6.45) is 8.36. The predicted molar refractivity (Wildman–Crippen MR) is 87.4 cm³/mol. The van der Waals surface area contributed by atoms with Crippen LogP contribution in [0.2, 0.25) is 0 Å². The SMILES string of the molecule is CCC1CCCCN1/C=C(/C#N)C(=O)NCCCCCC(=O)O. The average Bonchev–Trinajstić information content (AvgIpc) is 2.55. The van der Waals surface area contributed by atoms with Crippen molar-refractivity contribution < 1.29 is 14.7 Å². The number of hydrogen-bond acceptors (Lipinski definition) is 4. The number of hydrogen-bond donors (Lipinski definition) is 2. The molecule has 1 saturated heterocycles. The fourth-order valence-electron chi connectivity index (χ4n) is 2.81. The van der Waals surface area contributed by atoms with Crippen molar-refractivity contribution in [1.82, 2.24) is 10.2 Å². The number of unbranched alkanes of at least 4 members (excludes halogenated alkanes) is 2. The topological polar surface area (TPSA) is 93.4 Å². The van der Waals surface area contributed by atoms with Crippen molar-refractivity contribution in [2.45, 2.75) is 64.3 Å². The number of aliphatic carboxylic acids is 1. The lowest BCUT2D eigenvalue weighted by molar-refractivity contribution is -0.137. The van der Waals surface area contributed by atoms with Crippen molar-refractivity contribution in [3.05, 3.63) is 11.8 Å². The van der Waals surface area contributed by atoms with Gasteiger partial charge in [0.2, 0.25) is 0 Å². The van der Waals surface area contributed by atoms with Gasteiger partial charge < -0.3 is 15.3 Å². The van der Waals surface area contributed by atoms with E-state index < -0.39 is 5.97 Å². The number of carboxylic acid groups (broad SMARTS) is 1. The zero-order valence-corrected chi connectivity index (χ0v) is 13.9. The van der Waals surface area contributed by atoms with Crippen LogP contribution in [-0.4, -0.2) is 41.0 Å². The molecule has 0 aromatic heterocycles. The van der Waals surface area contributed by atoms with E-state index in [1.165, 1.54) is 6.42 Å². The van der Waals surface area contributed by atoms with Crippen LogP contribution in [0.5, 0.6) is 0 Å². The molecule has 0 saturated carbocycles. The van der Waals surface area contributed by atoms with Crippen molar-refractivity contribution in [1.29, 1.82) is 5.26 Å². The molecule has 2 N–H and O–H groups in total. The lowest BCUT2D eigenvalue weighted by Crippen LogP contribution is -2.36. The van der Waals surface area contributed by atoms with Crippen molar-refractivity contribution in [3.8, 4) is 6.07 Å². The van der Waals surface area contributed by atoms with Crippen LogP contribution in [0.1, 0.15) is 58.3 Å². The summed E-state index contributed by atoms with van der Waals surface area (Å²) in [5.74, 6) is -1.14. The maximum absolute atomic E-state index is 12.1. The average molecular weight is 321 g/mol. The van der Waals surface area contributed by atoms with E-state index in [1.807, 2.05) is 6.07 Å². The minimum Gasteiger partial charge on any atom is -0.481 e. The monoisotopic (exact) mass is 321 g/mol. The van der Waals surface area contributed by atoms with Gasteiger partial charge in [0.05, 0.1) is 0 Å². The molecule has 1 atom stereocenters. The summed E-state index contributed by atoms with van der Waals surface area (Å²) in [4.78, 5) is 24.6. The van der Waals surface area contributed by atoms with Crippen molar-refractivity contribution in [2.24, 2.45) is 0 Å². The minimum absolute atomic E-state index is 0.149. The van der Waals surface area contributed by atoms with E-state index in [0.717, 1.165) is 38.6 Å². The van der Waals surface area contributed by atoms with Crippen LogP contribution in [0.4, 0.5) is 0 Å². The fraction of sp³-hybridized carbons (Fsp3) is 0.706. The molecule has 1 heterocycles. The van der Waals surface area contributed by atoms with Crippen molar-refractivity contribution >= 4 is 11.9 Å². The number of rotatable bonds is 9. The predicted octanol–water partition coefficient (Wildman–Crippen LogP) is 2.42. The van der Waals surface area contributed by atoms with Gasteiger partial charge in [0.15, 0.2) is 0 Å². The van der Waals surface area contributed by atoms with Crippen LogP contribution in [0.25, 0.3) is 0 Å². The Labute approximate surface area is 138 Å². The van der Waals surface area contributed by atoms with Gasteiger partial charge in [-0.3, -0.25) is 9.59 Å². The second-order valence-electron chi connectivity index (χ2n) is 5.91. The number of carbonyl (C=O) groups excluding carboxylic acids is 1. The van der Waals surface area contributed by atoms with Crippen LogP contribution >= 0.6 is 0 Å². The first-order valence-electron chi connectivity index (χ1n) is 8.46. The molecule has 6 nitrogen and oxygen atoms in total. The van der Waals surface area contributed by atoms with Crippen LogP contribution < -0.4 is 5.32 Å². The Morgan fingerprint density at radius 2 is 2.13 bits per heavy atom. The standard InChI is InChI=1S/C17H27N3O3/c1-2-15-8-5-7-11-20(15)13-14(12-18)17(23)19-10-6-3-4-9-16(21)22/h13,15H,2-11H2,1H3,(H,19,23)(H,21,22)/b14-13-. The highest BCUT2D eigenvalue weighted by atomic mass is 16.4. The fourth-order valence-corrected chi connectivity index (χ4v) is 2.81. The Morgan fingerprint density at radius 1 is 1.35 bits per heavy atom. The highest BCUT2D eigenvalue weighted by molar-refractivity contribution is 5.97. The number of piperidine rings is 1. The summed E-state index contributed by atoms with van der Waals surface area (Å²) in [7, 11) is 0. The minimum atomic E-state index is -0.796. The second kappa shape index (κ2) is 10.7. The van der Waals surface area contributed by atoms with Gasteiger partial charge in [-0.05, 0) is 38.5 Å². The van der Waals surface area contributed by atoms with Crippen molar-refractivity contribution in [3.63, 3.8) is 0 Å². The summed E-state index contributed by atoms with van der Waals surface area (Å²) in [5.41, 5.74) is 0.149. The number of carboxylic acids is 1. The molecule has 6 heteroatoms. The van der Waals surface area contributed by atoms with Crippen LogP contribution in [0.15, 0.2) is 11.8 Å². The molecular formula is C17H27N3O3. The number of likely N-dealkylation sites (tertiary alicyclic amines) is 1. The molecule has 0 radical (unpaired) electrons. The Hall–Kier alpha value is -2.03. The molecule has 0 spiro atoms. The molecule has 1 unspecified atom stereocenters. The van der Waals surface area contributed by atoms with E-state index >= 15 is 0 Å². The van der Waals surface area contributed by atoms with Crippen LogP contribution in [0.3, 0.4) is 0 Å². The largest absolute Gasteiger partial charge is 0.481 e. The first-order valence-corrected chi connectivity index (χ1v) is 8.46. The molecule has 128 valence electrons. The molecule has 0 aliphatic carbocycles. The van der Waals surface area contributed by atoms with E-state index in [-0.39, 0.29) is 17.9 Å². The van der Waals surface area contributed by atoms with Gasteiger partial charge in [0.1, 0.15) is 11.6 Å². The van der Waals surface area contributed by atoms with E-state index in [4.69, 9.17) is 5.11 Å². The quantitative estimate of drug-likeness (QED) is 0.386. The Balaban J connectivity index is 2.40. The zero-order chi connectivity index (χ0) is 17.1. The van der Waals surface area contributed by atoms with Gasteiger partial charge in [-0.15, -0.1) is 0 Å². The Morgan fingerprint density at radius 3 is 2.78 bits per heavy atom. The first kappa shape index (κ1) is 19.0. The van der Waals surface area contributed by atoms with E-state index in [2.05, 4.69) is 17.1 Å². The summed E-state index contributed by atoms with van der Waals surface area (Å²) >= 11 is 0. The first-order chi connectivity index (χ1) is 11.1. The molecule has 1 fully saturated rings. The third kappa shape index (κ3) is 7.18. The van der Waals surface area contributed by atoms with Crippen molar-refractivity contribution in [2.75, 3.05) is 13.1 Å².